The van der Waals surface area contributed by atoms with Gasteiger partial charge in [0.15, 0.2) is 5.78 Å². The Morgan fingerprint density at radius 1 is 0.974 bits per heavy atom. The molecule has 1 aliphatic carbocycles. The third-order valence-electron chi connectivity index (χ3n) is 7.27. The summed E-state index contributed by atoms with van der Waals surface area (Å²) >= 11 is 0. The number of rotatable bonds is 6. The zero-order chi connectivity index (χ0) is 26.8. The molecule has 1 aliphatic heterocycles. The molecular weight excluding hydrogens is 480 g/mol. The second-order valence-corrected chi connectivity index (χ2v) is 9.81. The SMILES string of the molecule is COc1cccc([C@H]2C3=C(C[C@H](c4ccc(C)cc4)CC3=O)Nc3ccccc3N2C(=O)CCC(=O)O)c1. The normalized spacial score (nSPS) is 18.7. The Balaban J connectivity index is 1.68. The van der Waals surface area contributed by atoms with Crippen LogP contribution in [-0.4, -0.2) is 29.9 Å². The highest BCUT2D eigenvalue weighted by Crippen LogP contribution is 2.48. The van der Waals surface area contributed by atoms with Crippen LogP contribution in [0.25, 0.3) is 0 Å². The van der Waals surface area contributed by atoms with E-state index >= 15 is 0 Å². The van der Waals surface area contributed by atoms with E-state index in [4.69, 9.17) is 4.74 Å². The van der Waals surface area contributed by atoms with Crippen molar-refractivity contribution >= 4 is 29.0 Å². The Morgan fingerprint density at radius 3 is 2.47 bits per heavy atom. The maximum atomic E-state index is 14.0. The minimum absolute atomic E-state index is 0.00161. The number of nitrogens with zero attached hydrogens (tertiary/aromatic N) is 1. The number of benzene rings is 3. The van der Waals surface area contributed by atoms with Crippen molar-refractivity contribution in [3.63, 3.8) is 0 Å². The van der Waals surface area contributed by atoms with E-state index in [1.807, 2.05) is 55.5 Å². The summed E-state index contributed by atoms with van der Waals surface area (Å²) in [6, 6.07) is 22.3. The quantitative estimate of drug-likeness (QED) is 0.437. The van der Waals surface area contributed by atoms with E-state index in [1.54, 1.807) is 12.0 Å². The number of fused-ring (bicyclic) bond motifs is 1. The fraction of sp³-hybridized carbons (Fsp3) is 0.258. The van der Waals surface area contributed by atoms with E-state index < -0.39 is 12.0 Å². The van der Waals surface area contributed by atoms with Crippen LogP contribution in [0.4, 0.5) is 11.4 Å². The smallest absolute Gasteiger partial charge is 0.303 e. The molecule has 0 radical (unpaired) electrons. The van der Waals surface area contributed by atoms with Gasteiger partial charge in [-0.25, -0.2) is 0 Å². The summed E-state index contributed by atoms with van der Waals surface area (Å²) in [5.41, 5.74) is 5.59. The number of allylic oxidation sites excluding steroid dienone is 1. The number of aryl methyl sites for hydroxylation is 1. The monoisotopic (exact) mass is 510 g/mol. The summed E-state index contributed by atoms with van der Waals surface area (Å²) in [6.45, 7) is 2.04. The van der Waals surface area contributed by atoms with E-state index in [0.29, 0.717) is 35.5 Å². The minimum Gasteiger partial charge on any atom is -0.497 e. The first kappa shape index (κ1) is 25.3. The number of anilines is 2. The predicted molar refractivity (Wildman–Crippen MR) is 145 cm³/mol. The van der Waals surface area contributed by atoms with Crippen molar-refractivity contribution in [2.24, 2.45) is 0 Å². The summed E-state index contributed by atoms with van der Waals surface area (Å²) in [5, 5.41) is 12.8. The first-order chi connectivity index (χ1) is 18.4. The molecule has 0 saturated carbocycles. The molecule has 7 heteroatoms. The van der Waals surface area contributed by atoms with Gasteiger partial charge in [-0.05, 0) is 54.7 Å². The van der Waals surface area contributed by atoms with Crippen LogP contribution in [0.5, 0.6) is 5.75 Å². The number of carbonyl (C=O) groups is 3. The highest BCUT2D eigenvalue weighted by Gasteiger charge is 2.41. The molecule has 0 saturated heterocycles. The molecule has 0 aromatic heterocycles. The number of ether oxygens (including phenoxy) is 1. The van der Waals surface area contributed by atoms with Crippen molar-refractivity contribution in [3.8, 4) is 5.75 Å². The third kappa shape index (κ3) is 4.92. The van der Waals surface area contributed by atoms with Crippen molar-refractivity contribution < 1.29 is 24.2 Å². The Bertz CT molecular complexity index is 1430. The number of methoxy groups -OCH3 is 1. The molecule has 7 nitrogen and oxygen atoms in total. The lowest BCUT2D eigenvalue weighted by Gasteiger charge is -2.35. The van der Waals surface area contributed by atoms with Crippen molar-refractivity contribution in [1.82, 2.24) is 0 Å². The number of aliphatic carboxylic acids is 1. The maximum Gasteiger partial charge on any atom is 0.303 e. The molecule has 0 spiro atoms. The summed E-state index contributed by atoms with van der Waals surface area (Å²) in [4.78, 5) is 40.7. The maximum absolute atomic E-state index is 14.0. The number of para-hydroxylation sites is 2. The first-order valence-electron chi connectivity index (χ1n) is 12.7. The van der Waals surface area contributed by atoms with E-state index in [9.17, 15) is 19.5 Å². The molecule has 2 aliphatic rings. The molecule has 3 aromatic carbocycles. The molecule has 2 atom stereocenters. The number of nitrogens with one attached hydrogen (secondary N) is 1. The van der Waals surface area contributed by atoms with E-state index in [-0.39, 0.29) is 30.4 Å². The van der Waals surface area contributed by atoms with Gasteiger partial charge in [-0.15, -0.1) is 0 Å². The Kier molecular flexibility index (Phi) is 7.01. The minimum atomic E-state index is -1.05. The van der Waals surface area contributed by atoms with E-state index in [1.165, 1.54) is 0 Å². The van der Waals surface area contributed by atoms with Gasteiger partial charge in [-0.2, -0.15) is 0 Å². The number of carbonyl (C=O) groups excluding carboxylic acids is 2. The molecule has 2 N–H and O–H groups in total. The summed E-state index contributed by atoms with van der Waals surface area (Å²) < 4.78 is 5.47. The van der Waals surface area contributed by atoms with Gasteiger partial charge in [0.05, 0.1) is 30.9 Å². The molecule has 0 fully saturated rings. The topological polar surface area (TPSA) is 95.9 Å². The molecule has 38 heavy (non-hydrogen) atoms. The molecule has 194 valence electrons. The van der Waals surface area contributed by atoms with Crippen LogP contribution < -0.4 is 15.0 Å². The number of hydrogen-bond acceptors (Lipinski definition) is 5. The molecule has 1 amide bonds. The van der Waals surface area contributed by atoms with E-state index in [0.717, 1.165) is 22.4 Å². The summed E-state index contributed by atoms with van der Waals surface area (Å²) in [5.74, 6) is -0.847. The number of Topliss-reactive ketones (excluding diaryl/α,β-unsaturated/α-hetero) is 1. The van der Waals surface area contributed by atoms with Crippen molar-refractivity contribution in [1.29, 1.82) is 0 Å². The van der Waals surface area contributed by atoms with Gasteiger partial charge < -0.3 is 15.2 Å². The standard InChI is InChI=1S/C31H30N2O5/c1-19-10-12-20(13-11-19)22-17-25-30(27(34)18-22)31(21-6-5-7-23(16-21)38-2)33(28(35)14-15-29(36)37)26-9-4-3-8-24(26)32-25/h3-13,16,22,31-32H,14-15,17-18H2,1-2H3,(H,36,37)/t22-,31-/m0/s1. The second-order valence-electron chi connectivity index (χ2n) is 9.81. The van der Waals surface area contributed by atoms with Gasteiger partial charge in [0.2, 0.25) is 5.91 Å². The van der Waals surface area contributed by atoms with Crippen LogP contribution >= 0.6 is 0 Å². The lowest BCUT2D eigenvalue weighted by molar-refractivity contribution is -0.138. The predicted octanol–water partition coefficient (Wildman–Crippen LogP) is 5.77. The number of hydrogen-bond donors (Lipinski definition) is 2. The fourth-order valence-corrected chi connectivity index (χ4v) is 5.40. The molecule has 3 aromatic rings. The lowest BCUT2D eigenvalue weighted by atomic mass is 9.78. The van der Waals surface area contributed by atoms with Crippen LogP contribution in [0.1, 0.15) is 54.3 Å². The zero-order valence-electron chi connectivity index (χ0n) is 21.4. The average molecular weight is 511 g/mol. The van der Waals surface area contributed by atoms with Gasteiger partial charge in [-0.3, -0.25) is 19.3 Å². The van der Waals surface area contributed by atoms with Crippen LogP contribution in [0, 0.1) is 6.92 Å². The van der Waals surface area contributed by atoms with Crippen molar-refractivity contribution in [3.05, 3.63) is 101 Å². The summed E-state index contributed by atoms with van der Waals surface area (Å²) in [6.07, 6.45) is 0.436. The van der Waals surface area contributed by atoms with E-state index in [2.05, 4.69) is 29.6 Å². The Hall–Kier alpha value is -4.39. The van der Waals surface area contributed by atoms with Crippen LogP contribution in [0.3, 0.4) is 0 Å². The zero-order valence-corrected chi connectivity index (χ0v) is 21.4. The average Bonchev–Trinajstić information content (AvgIpc) is 3.07. The van der Waals surface area contributed by atoms with Crippen LogP contribution in [0.2, 0.25) is 0 Å². The Morgan fingerprint density at radius 2 is 1.74 bits per heavy atom. The van der Waals surface area contributed by atoms with Gasteiger partial charge >= 0.3 is 5.97 Å². The fourth-order valence-electron chi connectivity index (χ4n) is 5.40. The molecule has 1 heterocycles. The molecule has 0 bridgehead atoms. The lowest BCUT2D eigenvalue weighted by Crippen LogP contribution is -2.38. The van der Waals surface area contributed by atoms with Gasteiger partial charge in [0, 0.05) is 24.1 Å². The largest absolute Gasteiger partial charge is 0.497 e. The number of ketones is 1. The third-order valence-corrected chi connectivity index (χ3v) is 7.27. The number of amides is 1. The number of carboxylic acids is 1. The van der Waals surface area contributed by atoms with Crippen molar-refractivity contribution in [2.45, 2.75) is 44.6 Å². The second kappa shape index (κ2) is 10.5. The molecule has 0 unspecified atom stereocenters. The van der Waals surface area contributed by atoms with Gasteiger partial charge in [0.1, 0.15) is 5.75 Å². The highest BCUT2D eigenvalue weighted by atomic mass is 16.5. The first-order valence-corrected chi connectivity index (χ1v) is 12.7. The molecular formula is C31H30N2O5. The highest BCUT2D eigenvalue weighted by molar-refractivity contribution is 6.06. The summed E-state index contributed by atoms with van der Waals surface area (Å²) in [7, 11) is 1.57. The van der Waals surface area contributed by atoms with Crippen LogP contribution in [0.15, 0.2) is 84.1 Å². The van der Waals surface area contributed by atoms with Crippen LogP contribution in [-0.2, 0) is 14.4 Å². The van der Waals surface area contributed by atoms with Gasteiger partial charge in [0.25, 0.3) is 0 Å². The number of carboxylic acid groups (broad SMARTS) is 1. The van der Waals surface area contributed by atoms with Gasteiger partial charge in [-0.1, -0.05) is 54.1 Å². The van der Waals surface area contributed by atoms with Crippen molar-refractivity contribution in [2.75, 3.05) is 17.3 Å². The molecule has 5 rings (SSSR count). The Labute approximate surface area is 221 Å².